The third-order valence-corrected chi connectivity index (χ3v) is 15.3. The van der Waals surface area contributed by atoms with Gasteiger partial charge in [0.05, 0.1) is 30.5 Å². The summed E-state index contributed by atoms with van der Waals surface area (Å²) in [7, 11) is 6.63. The zero-order chi connectivity index (χ0) is 48.9. The Morgan fingerprint density at radius 1 is 0.910 bits per heavy atom. The second-order valence-corrected chi connectivity index (χ2v) is 19.9. The fraction of sp³-hybridized carbons (Fsp3) is 0.692. The quantitative estimate of drug-likeness (QED) is 0.158. The van der Waals surface area contributed by atoms with Crippen LogP contribution >= 0.6 is 0 Å². The van der Waals surface area contributed by atoms with Gasteiger partial charge in [-0.05, 0) is 119 Å². The maximum atomic E-state index is 14.6. The first kappa shape index (κ1) is 52.4. The molecule has 67 heavy (non-hydrogen) atoms. The van der Waals surface area contributed by atoms with E-state index in [1.807, 2.05) is 58.3 Å². The first-order chi connectivity index (χ1) is 31.8. The lowest BCUT2D eigenvalue weighted by molar-refractivity contribution is -0.302. The van der Waals surface area contributed by atoms with Crippen molar-refractivity contribution in [2.24, 2.45) is 36.6 Å². The lowest BCUT2D eigenvalue weighted by Crippen LogP contribution is -2.64. The van der Waals surface area contributed by atoms with Crippen LogP contribution in [0.5, 0.6) is 5.75 Å². The van der Waals surface area contributed by atoms with Gasteiger partial charge in [0.1, 0.15) is 35.9 Å². The molecular weight excluding hydrogens is 861 g/mol. The molecule has 1 amide bonds. The lowest BCUT2D eigenvalue weighted by atomic mass is 9.81. The van der Waals surface area contributed by atoms with Gasteiger partial charge in [0.2, 0.25) is 5.79 Å². The van der Waals surface area contributed by atoms with E-state index in [9.17, 15) is 34.5 Å². The molecule has 15 atom stereocenters. The van der Waals surface area contributed by atoms with E-state index in [1.165, 1.54) is 19.1 Å². The van der Waals surface area contributed by atoms with Crippen LogP contribution in [0.1, 0.15) is 106 Å². The smallest absolute Gasteiger partial charge is 0.329 e. The molecule has 0 unspecified atom stereocenters. The molecule has 372 valence electrons. The van der Waals surface area contributed by atoms with E-state index < -0.39 is 89.8 Å². The molecule has 2 saturated heterocycles. The number of aryl methyl sites for hydroxylation is 1. The summed E-state index contributed by atoms with van der Waals surface area (Å²) < 4.78 is 38.9. The normalized spacial score (nSPS) is 37.1. The minimum atomic E-state index is -2.58. The van der Waals surface area contributed by atoms with Gasteiger partial charge in [-0.25, -0.2) is 4.79 Å². The largest absolute Gasteiger partial charge is 0.488 e. The molecule has 4 heterocycles. The van der Waals surface area contributed by atoms with Crippen LogP contribution in [-0.4, -0.2) is 137 Å². The van der Waals surface area contributed by atoms with Gasteiger partial charge < -0.3 is 53.2 Å². The monoisotopic (exact) mass is 937 g/mol. The number of ketones is 2. The molecule has 3 N–H and O–H groups in total. The van der Waals surface area contributed by atoms with Crippen LogP contribution in [0, 0.1) is 29.6 Å². The number of amides is 1. The summed E-state index contributed by atoms with van der Waals surface area (Å²) in [6.07, 6.45) is 3.56. The lowest BCUT2D eigenvalue weighted by Gasteiger charge is -2.47. The predicted molar refractivity (Wildman–Crippen MR) is 251 cm³/mol. The molecule has 1 aliphatic carbocycles. The van der Waals surface area contributed by atoms with Crippen LogP contribution in [0.15, 0.2) is 53.8 Å². The summed E-state index contributed by atoms with van der Waals surface area (Å²) in [6.45, 7) is 10.7. The molecule has 3 fully saturated rings. The summed E-state index contributed by atoms with van der Waals surface area (Å²) in [5, 5.41) is 36.7. The van der Waals surface area contributed by atoms with Crippen molar-refractivity contribution in [1.82, 2.24) is 9.47 Å². The molecule has 1 saturated carbocycles. The van der Waals surface area contributed by atoms with Crippen LogP contribution in [-0.2, 0) is 49.9 Å². The highest BCUT2D eigenvalue weighted by Crippen LogP contribution is 2.40. The van der Waals surface area contributed by atoms with Crippen molar-refractivity contribution in [1.29, 1.82) is 0 Å². The number of ether oxygens (including phenoxy) is 6. The summed E-state index contributed by atoms with van der Waals surface area (Å²) in [5.74, 6) is -7.81. The zero-order valence-electron chi connectivity index (χ0n) is 41.2. The molecule has 0 spiro atoms. The van der Waals surface area contributed by atoms with E-state index in [4.69, 9.17) is 28.4 Å². The second-order valence-electron chi connectivity index (χ2n) is 19.9. The Bertz CT molecular complexity index is 2120. The van der Waals surface area contributed by atoms with Gasteiger partial charge >= 0.3 is 5.97 Å². The fourth-order valence-electron chi connectivity index (χ4n) is 10.9. The number of Topliss-reactive ketones (excluding diaryl/α,β-unsaturated/α-hetero) is 2. The van der Waals surface area contributed by atoms with Crippen molar-refractivity contribution < 1.29 is 62.9 Å². The average Bonchev–Trinajstić information content (AvgIpc) is 3.70. The van der Waals surface area contributed by atoms with E-state index in [1.54, 1.807) is 34.0 Å². The van der Waals surface area contributed by atoms with Gasteiger partial charge in [-0.2, -0.15) is 0 Å². The SMILES string of the molecule is CC[C@@H]1C=C(C)[C@@H](O)[C@H](C)C[C@H](OC)[C@H]2O[C@@](O)(C(=O)C(=O)N3CCCC[C@H]3C(=O)O[C@H](/C(C)=C/[C@@H]3CC[C@@H](Oc4ccc5c(ccn5C)c4)[C@H](OC)C3)[C@H](C)[C@@H](O)CC1=O)[C@H](C)C[C@@H]2OC. The number of methoxy groups -OCH3 is 3. The Balaban J connectivity index is 1.31. The number of benzene rings is 1. The van der Waals surface area contributed by atoms with Crippen molar-refractivity contribution in [3.8, 4) is 5.75 Å². The first-order valence-electron chi connectivity index (χ1n) is 24.4. The van der Waals surface area contributed by atoms with Crippen LogP contribution in [0.3, 0.4) is 0 Å². The van der Waals surface area contributed by atoms with Gasteiger partial charge in [-0.15, -0.1) is 0 Å². The molecule has 2 bridgehead atoms. The molecule has 0 radical (unpaired) electrons. The molecule has 3 aliphatic heterocycles. The Labute approximate surface area is 396 Å². The van der Waals surface area contributed by atoms with Crippen LogP contribution < -0.4 is 4.74 Å². The number of hydrogen-bond donors (Lipinski definition) is 3. The molecule has 4 aliphatic rings. The molecule has 1 aromatic carbocycles. The van der Waals surface area contributed by atoms with Gasteiger partial charge in [0.25, 0.3) is 11.7 Å². The number of nitrogens with zero attached hydrogens (tertiary/aromatic N) is 2. The summed E-state index contributed by atoms with van der Waals surface area (Å²) >= 11 is 0. The number of aliphatic hydroxyl groups excluding tert-OH is 2. The molecule has 15 nitrogen and oxygen atoms in total. The third kappa shape index (κ3) is 11.6. The van der Waals surface area contributed by atoms with Crippen molar-refractivity contribution in [3.63, 3.8) is 0 Å². The zero-order valence-corrected chi connectivity index (χ0v) is 41.2. The highest BCUT2D eigenvalue weighted by molar-refractivity contribution is 6.39. The minimum absolute atomic E-state index is 0.00883. The Morgan fingerprint density at radius 2 is 1.61 bits per heavy atom. The van der Waals surface area contributed by atoms with E-state index >= 15 is 0 Å². The summed E-state index contributed by atoms with van der Waals surface area (Å²) in [6, 6.07) is 6.92. The Hall–Kier alpha value is -3.96. The highest BCUT2D eigenvalue weighted by atomic mass is 16.7. The number of piperidine rings is 1. The van der Waals surface area contributed by atoms with Crippen molar-refractivity contribution >= 4 is 34.3 Å². The Morgan fingerprint density at radius 3 is 2.30 bits per heavy atom. The van der Waals surface area contributed by atoms with Crippen molar-refractivity contribution in [2.45, 2.75) is 166 Å². The molecule has 15 heteroatoms. The van der Waals surface area contributed by atoms with Crippen LogP contribution in [0.25, 0.3) is 10.9 Å². The van der Waals surface area contributed by atoms with Gasteiger partial charge in [0.15, 0.2) is 0 Å². The topological polar surface area (TPSA) is 193 Å². The first-order valence-corrected chi connectivity index (χ1v) is 24.4. The number of cyclic esters (lactones) is 1. The maximum absolute atomic E-state index is 14.6. The number of hydrogen-bond acceptors (Lipinski definition) is 13. The number of esters is 1. The number of rotatable bonds is 8. The molecule has 1 aromatic heterocycles. The number of carbonyl (C=O) groups excluding carboxylic acids is 4. The number of fused-ring (bicyclic) bond motifs is 4. The second kappa shape index (κ2) is 22.6. The van der Waals surface area contributed by atoms with Crippen molar-refractivity contribution in [2.75, 3.05) is 27.9 Å². The molecule has 6 rings (SSSR count). The van der Waals surface area contributed by atoms with E-state index in [-0.39, 0.29) is 56.1 Å². The van der Waals surface area contributed by atoms with E-state index in [0.717, 1.165) is 23.1 Å². The number of aromatic nitrogens is 1. The summed E-state index contributed by atoms with van der Waals surface area (Å²) in [5.41, 5.74) is 2.33. The molecule has 2 aromatic rings. The maximum Gasteiger partial charge on any atom is 0.329 e. The predicted octanol–water partition coefficient (Wildman–Crippen LogP) is 6.02. The van der Waals surface area contributed by atoms with Crippen molar-refractivity contribution in [3.05, 3.63) is 53.8 Å². The number of allylic oxidation sites excluding steroid dienone is 2. The highest BCUT2D eigenvalue weighted by Gasteiger charge is 2.57. The number of aliphatic hydroxyl groups is 3. The van der Waals surface area contributed by atoms with Gasteiger partial charge in [-0.3, -0.25) is 14.4 Å². The standard InChI is InChI=1S/C52H76N2O13/c1-11-35-23-29(2)46(57)30(3)24-44(63-9)48-45(64-10)25-32(5)52(61,67-48)49(58)50(59)54-20-13-12-14-39(54)51(60)66-47(33(6)40(55)28-41(35)56)31(4)22-34-15-18-42(43(26-34)62-8)65-37-16-17-38-36(27-37)19-21-53(38)7/h16-17,19,21-23,27,30,32-35,39-40,42-48,55,57,61H,11-15,18,20,24-26,28H2,1-10H3/b29-23?,31-22+/t30-,32-,33-,34+,35-,39+,40+,42-,43-,44+,45+,46-,47-,48-,52-/m1/s1. The minimum Gasteiger partial charge on any atom is -0.488 e. The van der Waals surface area contributed by atoms with Gasteiger partial charge in [0, 0.05) is 76.2 Å². The Kier molecular flexibility index (Phi) is 17.7. The number of carbonyl (C=O) groups is 4. The average molecular weight is 937 g/mol. The summed E-state index contributed by atoms with van der Waals surface area (Å²) in [4.78, 5) is 58.5. The molecular formula is C52H76N2O13. The van der Waals surface area contributed by atoms with Crippen LogP contribution in [0.2, 0.25) is 0 Å². The fourth-order valence-corrected chi connectivity index (χ4v) is 10.9. The van der Waals surface area contributed by atoms with Gasteiger partial charge in [-0.1, -0.05) is 39.8 Å². The van der Waals surface area contributed by atoms with E-state index in [0.29, 0.717) is 43.3 Å². The van der Waals surface area contributed by atoms with E-state index in [2.05, 4.69) is 10.6 Å². The third-order valence-electron chi connectivity index (χ3n) is 15.3. The van der Waals surface area contributed by atoms with Crippen LogP contribution in [0.4, 0.5) is 0 Å².